The summed E-state index contributed by atoms with van der Waals surface area (Å²) in [6.07, 6.45) is 2.53. The molecule has 8 heteroatoms. The number of alkyl carbamates (subject to hydrolysis) is 1. The summed E-state index contributed by atoms with van der Waals surface area (Å²) in [5.74, 6) is -0.479. The summed E-state index contributed by atoms with van der Waals surface area (Å²) in [5.41, 5.74) is 3.69. The van der Waals surface area contributed by atoms with E-state index in [1.54, 1.807) is 0 Å². The fourth-order valence-corrected chi connectivity index (χ4v) is 5.71. The van der Waals surface area contributed by atoms with Crippen molar-refractivity contribution in [3.05, 3.63) is 155 Å². The van der Waals surface area contributed by atoms with Crippen LogP contribution in [-0.2, 0) is 45.2 Å². The monoisotopic (exact) mass is 610 g/mol. The number of hydrogen-bond acceptors (Lipinski definition) is 5. The lowest BCUT2D eigenvalue weighted by Gasteiger charge is -2.22. The fraction of sp³-hybridized carbons (Fsp3) is 0.222. The highest BCUT2D eigenvalue weighted by Crippen LogP contribution is 2.11. The predicted molar refractivity (Wildman–Crippen MR) is 173 cm³/mol. The highest BCUT2D eigenvalue weighted by molar-refractivity contribution is 7.94. The molecule has 0 heterocycles. The van der Waals surface area contributed by atoms with Crippen molar-refractivity contribution in [2.24, 2.45) is 0 Å². The average Bonchev–Trinajstić information content (AvgIpc) is 3.06. The van der Waals surface area contributed by atoms with Gasteiger partial charge in [0.25, 0.3) is 0 Å². The summed E-state index contributed by atoms with van der Waals surface area (Å²) < 4.78 is 31.2. The van der Waals surface area contributed by atoms with Gasteiger partial charge in [0, 0.05) is 17.9 Å². The summed E-state index contributed by atoms with van der Waals surface area (Å²) in [5, 5.41) is 6.88. The SMILES string of the molecule is O=C(N[C@@H](Cc1ccccc1)C(=O)N[C@H](/C=C/S(=O)(=O)CCc1ccccc1)CCc1ccccc1)OCc1ccccc1. The molecule has 0 aromatic heterocycles. The number of aryl methyl sites for hydroxylation is 2. The maximum absolute atomic E-state index is 13.6. The summed E-state index contributed by atoms with van der Waals surface area (Å²) in [7, 11) is -3.54. The van der Waals surface area contributed by atoms with Gasteiger partial charge in [0.2, 0.25) is 5.91 Å². The molecule has 0 saturated heterocycles. The molecule has 0 unspecified atom stereocenters. The van der Waals surface area contributed by atoms with Gasteiger partial charge < -0.3 is 15.4 Å². The van der Waals surface area contributed by atoms with Crippen molar-refractivity contribution in [3.8, 4) is 0 Å². The topological polar surface area (TPSA) is 102 Å². The first-order valence-electron chi connectivity index (χ1n) is 14.7. The zero-order valence-electron chi connectivity index (χ0n) is 24.5. The van der Waals surface area contributed by atoms with Crippen molar-refractivity contribution in [2.45, 2.75) is 44.4 Å². The van der Waals surface area contributed by atoms with Crippen molar-refractivity contribution in [1.82, 2.24) is 10.6 Å². The number of amides is 2. The van der Waals surface area contributed by atoms with Crippen LogP contribution in [0.4, 0.5) is 4.79 Å². The molecule has 4 rings (SSSR count). The number of rotatable bonds is 15. The lowest BCUT2D eigenvalue weighted by Crippen LogP contribution is -2.50. The Kier molecular flexibility index (Phi) is 12.3. The molecule has 0 aliphatic rings. The van der Waals surface area contributed by atoms with Crippen LogP contribution in [0.1, 0.15) is 28.7 Å². The number of carbonyl (C=O) groups excluding carboxylic acids is 2. The van der Waals surface area contributed by atoms with Gasteiger partial charge in [-0.2, -0.15) is 0 Å². The standard InChI is InChI=1S/C36H38N2O5S/c39-35(34(27-31-17-9-3-10-18-31)38-36(40)43-28-32-19-11-4-12-20-32)37-33(22-21-29-13-5-1-6-14-29)24-26-44(41,42)25-23-30-15-7-2-8-16-30/h1-20,24,26,33-34H,21-23,25,27-28H2,(H,37,39)(H,38,40)/b26-24+/t33-,34-/m0/s1. The van der Waals surface area contributed by atoms with Crippen LogP contribution in [-0.4, -0.2) is 38.3 Å². The van der Waals surface area contributed by atoms with Crippen molar-refractivity contribution in [1.29, 1.82) is 0 Å². The van der Waals surface area contributed by atoms with Gasteiger partial charge in [-0.05, 0) is 41.5 Å². The average molecular weight is 611 g/mol. The lowest BCUT2D eigenvalue weighted by molar-refractivity contribution is -0.123. The molecule has 0 saturated carbocycles. The van der Waals surface area contributed by atoms with E-state index in [1.165, 1.54) is 11.5 Å². The van der Waals surface area contributed by atoms with Gasteiger partial charge in [-0.3, -0.25) is 4.79 Å². The number of nitrogens with one attached hydrogen (secondary N) is 2. The van der Waals surface area contributed by atoms with E-state index in [0.29, 0.717) is 19.3 Å². The maximum atomic E-state index is 13.6. The van der Waals surface area contributed by atoms with Crippen LogP contribution in [0.5, 0.6) is 0 Å². The van der Waals surface area contributed by atoms with Gasteiger partial charge in [0.05, 0.1) is 5.75 Å². The van der Waals surface area contributed by atoms with Gasteiger partial charge >= 0.3 is 6.09 Å². The van der Waals surface area contributed by atoms with E-state index in [0.717, 1.165) is 22.3 Å². The quantitative estimate of drug-likeness (QED) is 0.177. The second-order valence-electron chi connectivity index (χ2n) is 10.5. The molecule has 7 nitrogen and oxygen atoms in total. The smallest absolute Gasteiger partial charge is 0.408 e. The molecular weight excluding hydrogens is 572 g/mol. The third kappa shape index (κ3) is 11.5. The Morgan fingerprint density at radius 2 is 1.16 bits per heavy atom. The molecule has 0 bridgehead atoms. The summed E-state index contributed by atoms with van der Waals surface area (Å²) in [6.45, 7) is 0.0651. The third-order valence-electron chi connectivity index (χ3n) is 7.05. The normalized spacial score (nSPS) is 12.7. The molecular formula is C36H38N2O5S. The highest BCUT2D eigenvalue weighted by Gasteiger charge is 2.24. The fourth-order valence-electron chi connectivity index (χ4n) is 4.62. The van der Waals surface area contributed by atoms with Crippen molar-refractivity contribution in [3.63, 3.8) is 0 Å². The lowest BCUT2D eigenvalue weighted by atomic mass is 10.0. The Labute approximate surface area is 259 Å². The molecule has 4 aromatic carbocycles. The zero-order chi connectivity index (χ0) is 31.0. The van der Waals surface area contributed by atoms with Crippen LogP contribution in [0.25, 0.3) is 0 Å². The molecule has 0 aliphatic heterocycles. The van der Waals surface area contributed by atoms with E-state index >= 15 is 0 Å². The molecule has 0 spiro atoms. The van der Waals surface area contributed by atoms with Crippen LogP contribution in [0.15, 0.2) is 133 Å². The molecule has 4 aromatic rings. The van der Waals surface area contributed by atoms with Gasteiger partial charge in [0.1, 0.15) is 12.6 Å². The number of hydrogen-bond donors (Lipinski definition) is 2. The number of ether oxygens (including phenoxy) is 1. The molecule has 228 valence electrons. The van der Waals surface area contributed by atoms with E-state index in [9.17, 15) is 18.0 Å². The third-order valence-corrected chi connectivity index (χ3v) is 8.40. The highest BCUT2D eigenvalue weighted by atomic mass is 32.2. The first kappa shape index (κ1) is 32.2. The zero-order valence-corrected chi connectivity index (χ0v) is 25.4. The van der Waals surface area contributed by atoms with Crippen molar-refractivity contribution in [2.75, 3.05) is 5.75 Å². The molecule has 2 atom stereocenters. The largest absolute Gasteiger partial charge is 0.445 e. The molecule has 0 radical (unpaired) electrons. The summed E-state index contributed by atoms with van der Waals surface area (Å²) in [6, 6.07) is 36.3. The minimum atomic E-state index is -3.54. The van der Waals surface area contributed by atoms with Crippen LogP contribution < -0.4 is 10.6 Å². The summed E-state index contributed by atoms with van der Waals surface area (Å²) in [4.78, 5) is 26.4. The Bertz CT molecular complexity index is 1580. The van der Waals surface area contributed by atoms with Crippen molar-refractivity contribution >= 4 is 21.8 Å². The minimum Gasteiger partial charge on any atom is -0.445 e. The predicted octanol–water partition coefficient (Wildman–Crippen LogP) is 5.81. The summed E-state index contributed by atoms with van der Waals surface area (Å²) >= 11 is 0. The van der Waals surface area contributed by atoms with Gasteiger partial charge in [-0.15, -0.1) is 0 Å². The molecule has 2 N–H and O–H groups in total. The van der Waals surface area contributed by atoms with Gasteiger partial charge in [-0.1, -0.05) is 127 Å². The van der Waals surface area contributed by atoms with E-state index < -0.39 is 33.9 Å². The second kappa shape index (κ2) is 16.8. The minimum absolute atomic E-state index is 0.0433. The number of sulfone groups is 1. The first-order chi connectivity index (χ1) is 21.4. The van der Waals surface area contributed by atoms with Crippen molar-refractivity contribution < 1.29 is 22.7 Å². The van der Waals surface area contributed by atoms with E-state index in [4.69, 9.17) is 4.74 Å². The van der Waals surface area contributed by atoms with Crippen LogP contribution in [0, 0.1) is 0 Å². The van der Waals surface area contributed by atoms with Gasteiger partial charge in [0.15, 0.2) is 9.84 Å². The van der Waals surface area contributed by atoms with Crippen LogP contribution in [0.2, 0.25) is 0 Å². The van der Waals surface area contributed by atoms with E-state index in [2.05, 4.69) is 10.6 Å². The van der Waals surface area contributed by atoms with Crippen LogP contribution >= 0.6 is 0 Å². The molecule has 2 amide bonds. The maximum Gasteiger partial charge on any atom is 0.408 e. The first-order valence-corrected chi connectivity index (χ1v) is 16.4. The van der Waals surface area contributed by atoms with Gasteiger partial charge in [-0.25, -0.2) is 13.2 Å². The van der Waals surface area contributed by atoms with E-state index in [-0.39, 0.29) is 18.8 Å². The van der Waals surface area contributed by atoms with Crippen LogP contribution in [0.3, 0.4) is 0 Å². The molecule has 44 heavy (non-hydrogen) atoms. The molecule has 0 fully saturated rings. The Morgan fingerprint density at radius 1 is 0.659 bits per heavy atom. The van der Waals surface area contributed by atoms with E-state index in [1.807, 2.05) is 121 Å². The number of benzene rings is 4. The Balaban J connectivity index is 1.46. The Morgan fingerprint density at radius 3 is 1.73 bits per heavy atom. The number of carbonyl (C=O) groups is 2. The second-order valence-corrected chi connectivity index (χ2v) is 12.5. The molecule has 0 aliphatic carbocycles. The Hall–Kier alpha value is -4.69.